The monoisotopic (exact) mass is 210 g/mol. The molecule has 0 radical (unpaired) electrons. The highest BCUT2D eigenvalue weighted by molar-refractivity contribution is 5.01. The Morgan fingerprint density at radius 3 is 2.21 bits per heavy atom. The van der Waals surface area contributed by atoms with Gasteiger partial charge >= 0.3 is 0 Å². The fourth-order valence-electron chi connectivity index (χ4n) is 1.35. The van der Waals surface area contributed by atoms with Crippen molar-refractivity contribution in [1.29, 1.82) is 0 Å². The van der Waals surface area contributed by atoms with Crippen molar-refractivity contribution in [1.82, 2.24) is 0 Å². The molecule has 0 aliphatic carbocycles. The van der Waals surface area contributed by atoms with Gasteiger partial charge in [-0.05, 0) is 0 Å². The third kappa shape index (κ3) is 1.63. The fraction of sp³-hybridized carbons (Fsp3) is 1.00. The lowest BCUT2D eigenvalue weighted by atomic mass is 9.94. The van der Waals surface area contributed by atoms with Crippen LogP contribution in [0.4, 0.5) is 0 Å². The van der Waals surface area contributed by atoms with Gasteiger partial charge < -0.3 is 35.4 Å². The van der Waals surface area contributed by atoms with Crippen molar-refractivity contribution in [3.05, 3.63) is 0 Å². The number of aliphatic hydroxyl groups excluding tert-OH is 5. The summed E-state index contributed by atoms with van der Waals surface area (Å²) in [5, 5.41) is 54.5. The molecular formula is C7H14O7. The van der Waals surface area contributed by atoms with Gasteiger partial charge in [0.25, 0.3) is 0 Å². The zero-order valence-electron chi connectivity index (χ0n) is 7.32. The molecule has 1 fully saturated rings. The topological polar surface area (TPSA) is 131 Å². The minimum Gasteiger partial charge on any atom is -0.394 e. The Morgan fingerprint density at radius 1 is 1.29 bits per heavy atom. The fourth-order valence-corrected chi connectivity index (χ4v) is 1.35. The van der Waals surface area contributed by atoms with Crippen molar-refractivity contribution in [3.8, 4) is 0 Å². The molecule has 1 heterocycles. The second-order valence-corrected chi connectivity index (χ2v) is 3.30. The van der Waals surface area contributed by atoms with Gasteiger partial charge in [0.2, 0.25) is 0 Å². The number of hydrogen-bond acceptors (Lipinski definition) is 7. The molecule has 7 nitrogen and oxygen atoms in total. The number of ether oxygens (including phenoxy) is 1. The van der Waals surface area contributed by atoms with Crippen molar-refractivity contribution < 1.29 is 35.4 Å². The molecule has 0 amide bonds. The molecule has 1 rings (SSSR count). The van der Waals surface area contributed by atoms with E-state index in [1.54, 1.807) is 0 Å². The van der Waals surface area contributed by atoms with Crippen LogP contribution in [0.1, 0.15) is 0 Å². The van der Waals surface area contributed by atoms with Gasteiger partial charge in [0.1, 0.15) is 18.3 Å². The lowest BCUT2D eigenvalue weighted by molar-refractivity contribution is -0.194. The molecule has 0 aromatic rings. The summed E-state index contributed by atoms with van der Waals surface area (Å²) >= 11 is 0. The van der Waals surface area contributed by atoms with Crippen LogP contribution in [0.2, 0.25) is 0 Å². The third-order valence-electron chi connectivity index (χ3n) is 2.36. The van der Waals surface area contributed by atoms with Gasteiger partial charge in [-0.15, -0.1) is 0 Å². The predicted octanol–water partition coefficient (Wildman–Crippen LogP) is -3.86. The van der Waals surface area contributed by atoms with Crippen LogP contribution in [0.25, 0.3) is 0 Å². The van der Waals surface area contributed by atoms with Crippen LogP contribution in [0.5, 0.6) is 0 Å². The lowest BCUT2D eigenvalue weighted by Gasteiger charge is -2.26. The molecule has 2 unspecified atom stereocenters. The highest BCUT2D eigenvalue weighted by atomic mass is 16.7. The van der Waals surface area contributed by atoms with E-state index in [0.717, 1.165) is 0 Å². The Kier molecular flexibility index (Phi) is 3.43. The number of hydrogen-bond donors (Lipinski definition) is 6. The first-order valence-corrected chi connectivity index (χ1v) is 4.11. The van der Waals surface area contributed by atoms with E-state index in [9.17, 15) is 10.2 Å². The molecule has 14 heavy (non-hydrogen) atoms. The van der Waals surface area contributed by atoms with E-state index in [-0.39, 0.29) is 0 Å². The smallest absolute Gasteiger partial charge is 0.189 e. The number of rotatable bonds is 3. The van der Waals surface area contributed by atoms with Crippen LogP contribution < -0.4 is 0 Å². The summed E-state index contributed by atoms with van der Waals surface area (Å²) in [6.45, 7) is -1.60. The molecule has 0 spiro atoms. The van der Waals surface area contributed by atoms with Crippen LogP contribution in [0.15, 0.2) is 0 Å². The summed E-state index contributed by atoms with van der Waals surface area (Å²) in [5.41, 5.74) is -2.22. The van der Waals surface area contributed by atoms with E-state index < -0.39 is 43.4 Å². The molecule has 0 saturated carbocycles. The van der Waals surface area contributed by atoms with Gasteiger partial charge in [0.05, 0.1) is 13.2 Å². The van der Waals surface area contributed by atoms with Crippen molar-refractivity contribution >= 4 is 0 Å². The second-order valence-electron chi connectivity index (χ2n) is 3.30. The summed E-state index contributed by atoms with van der Waals surface area (Å²) in [7, 11) is 0. The maximum absolute atomic E-state index is 9.48. The maximum atomic E-state index is 9.48. The van der Waals surface area contributed by atoms with E-state index >= 15 is 0 Å². The van der Waals surface area contributed by atoms with Gasteiger partial charge in [0, 0.05) is 0 Å². The van der Waals surface area contributed by atoms with Crippen LogP contribution in [-0.4, -0.2) is 74.1 Å². The highest BCUT2D eigenvalue weighted by Gasteiger charge is 2.56. The standard InChI is InChI=1S/C7H14O7/c8-1-3(10)4-5(11)7(13,2-9)6(12)14-4/h3-6,8-13H,1-2H2/t3?,4-,5+,6?,7+/m1/s1. The second kappa shape index (κ2) is 4.07. The molecule has 0 aromatic carbocycles. The summed E-state index contributed by atoms with van der Waals surface area (Å²) < 4.78 is 4.62. The van der Waals surface area contributed by atoms with Crippen molar-refractivity contribution in [2.75, 3.05) is 13.2 Å². The molecule has 0 aromatic heterocycles. The first-order valence-electron chi connectivity index (χ1n) is 4.11. The van der Waals surface area contributed by atoms with Gasteiger partial charge in [-0.1, -0.05) is 0 Å². The Bertz CT molecular complexity index is 198. The SMILES string of the molecule is OCC(O)[C@H]1OC(O)[C@](O)(CO)[C@H]1O. The lowest BCUT2D eigenvalue weighted by Crippen LogP contribution is -2.52. The van der Waals surface area contributed by atoms with Crippen molar-refractivity contribution in [2.24, 2.45) is 0 Å². The molecular weight excluding hydrogens is 196 g/mol. The van der Waals surface area contributed by atoms with Gasteiger partial charge in [0.15, 0.2) is 11.9 Å². The molecule has 84 valence electrons. The van der Waals surface area contributed by atoms with Gasteiger partial charge in [-0.2, -0.15) is 0 Å². The minimum atomic E-state index is -2.22. The zero-order valence-corrected chi connectivity index (χ0v) is 7.32. The maximum Gasteiger partial charge on any atom is 0.189 e. The van der Waals surface area contributed by atoms with E-state index in [2.05, 4.69) is 4.74 Å². The number of aliphatic hydroxyl groups is 6. The van der Waals surface area contributed by atoms with Crippen molar-refractivity contribution in [3.63, 3.8) is 0 Å². The van der Waals surface area contributed by atoms with Crippen molar-refractivity contribution in [2.45, 2.75) is 30.2 Å². The molecule has 1 aliphatic rings. The van der Waals surface area contributed by atoms with Crippen LogP contribution >= 0.6 is 0 Å². The molecule has 6 N–H and O–H groups in total. The zero-order chi connectivity index (χ0) is 10.9. The van der Waals surface area contributed by atoms with Gasteiger partial charge in [-0.3, -0.25) is 0 Å². The van der Waals surface area contributed by atoms with E-state index in [1.807, 2.05) is 0 Å². The third-order valence-corrected chi connectivity index (χ3v) is 2.36. The Morgan fingerprint density at radius 2 is 1.86 bits per heavy atom. The van der Waals surface area contributed by atoms with Gasteiger partial charge in [-0.25, -0.2) is 0 Å². The Hall–Kier alpha value is -0.280. The predicted molar refractivity (Wildman–Crippen MR) is 42.0 cm³/mol. The van der Waals surface area contributed by atoms with Crippen LogP contribution in [0, 0.1) is 0 Å². The average molecular weight is 210 g/mol. The molecule has 5 atom stereocenters. The first-order chi connectivity index (χ1) is 6.47. The van der Waals surface area contributed by atoms with Crippen LogP contribution in [0.3, 0.4) is 0 Å². The summed E-state index contributed by atoms with van der Waals surface area (Å²) in [4.78, 5) is 0. The quantitative estimate of drug-likeness (QED) is 0.281. The summed E-state index contributed by atoms with van der Waals surface area (Å²) in [5.74, 6) is 0. The summed E-state index contributed by atoms with van der Waals surface area (Å²) in [6, 6.07) is 0. The normalized spacial score (nSPS) is 45.4. The minimum absolute atomic E-state index is 0.685. The Balaban J connectivity index is 2.78. The summed E-state index contributed by atoms with van der Waals surface area (Å²) in [6.07, 6.45) is -6.22. The van der Waals surface area contributed by atoms with Crippen LogP contribution in [-0.2, 0) is 4.74 Å². The average Bonchev–Trinajstić information content (AvgIpc) is 2.42. The largest absolute Gasteiger partial charge is 0.394 e. The van der Waals surface area contributed by atoms with E-state index in [0.29, 0.717) is 0 Å². The first kappa shape index (κ1) is 11.8. The van der Waals surface area contributed by atoms with E-state index in [1.165, 1.54) is 0 Å². The Labute approximate surface area is 79.8 Å². The molecule has 7 heteroatoms. The van der Waals surface area contributed by atoms with E-state index in [4.69, 9.17) is 20.4 Å². The molecule has 1 saturated heterocycles. The highest BCUT2D eigenvalue weighted by Crippen LogP contribution is 2.31. The molecule has 1 aliphatic heterocycles. The molecule has 0 bridgehead atoms.